The van der Waals surface area contributed by atoms with E-state index >= 15 is 0 Å². The fourth-order valence-corrected chi connectivity index (χ4v) is 2.34. The van der Waals surface area contributed by atoms with Crippen molar-refractivity contribution in [1.82, 2.24) is 5.32 Å². The van der Waals surface area contributed by atoms with Crippen molar-refractivity contribution in [1.29, 1.82) is 0 Å². The first kappa shape index (κ1) is 13.1. The first-order valence-electron chi connectivity index (χ1n) is 6.64. The number of rotatable bonds is 3. The number of nitrogens with one attached hydrogen (secondary N) is 1. The minimum atomic E-state index is -0.960. The Kier molecular flexibility index (Phi) is 3.23. The van der Waals surface area contributed by atoms with Crippen LogP contribution in [0.3, 0.4) is 0 Å². The fourth-order valence-electron chi connectivity index (χ4n) is 2.34. The molecule has 2 N–H and O–H groups in total. The van der Waals surface area contributed by atoms with Gasteiger partial charge in [0.15, 0.2) is 5.76 Å². The molecule has 1 saturated heterocycles. The van der Waals surface area contributed by atoms with Crippen LogP contribution in [0.2, 0.25) is 0 Å². The third-order valence-corrected chi connectivity index (χ3v) is 3.56. The molecule has 0 aliphatic carbocycles. The zero-order valence-electron chi connectivity index (χ0n) is 11.3. The lowest BCUT2D eigenvalue weighted by Gasteiger charge is -2.20. The van der Waals surface area contributed by atoms with Gasteiger partial charge in [0.1, 0.15) is 11.2 Å². The zero-order valence-corrected chi connectivity index (χ0v) is 11.3. The minimum absolute atomic E-state index is 0.169. The summed E-state index contributed by atoms with van der Waals surface area (Å²) in [7, 11) is 0. The molecule has 5 heteroatoms. The average molecular weight is 275 g/mol. The van der Waals surface area contributed by atoms with Gasteiger partial charge in [-0.05, 0) is 25.1 Å². The molecule has 0 saturated carbocycles. The highest BCUT2D eigenvalue weighted by atomic mass is 16.5. The Morgan fingerprint density at radius 3 is 3.05 bits per heavy atom. The molecule has 1 fully saturated rings. The summed E-state index contributed by atoms with van der Waals surface area (Å²) in [4.78, 5) is 12.0. The summed E-state index contributed by atoms with van der Waals surface area (Å²) in [5, 5.41) is 13.7. The Morgan fingerprint density at radius 1 is 1.45 bits per heavy atom. The van der Waals surface area contributed by atoms with Crippen LogP contribution < -0.4 is 5.32 Å². The minimum Gasteiger partial charge on any atom is -0.451 e. The molecule has 106 valence electrons. The fraction of sp³-hybridized carbons (Fsp3) is 0.400. The highest BCUT2D eigenvalue weighted by molar-refractivity contribution is 5.96. The summed E-state index contributed by atoms with van der Waals surface area (Å²) in [6, 6.07) is 7.46. The van der Waals surface area contributed by atoms with Gasteiger partial charge in [-0.3, -0.25) is 4.79 Å². The van der Waals surface area contributed by atoms with Gasteiger partial charge < -0.3 is 19.6 Å². The Labute approximate surface area is 116 Å². The monoisotopic (exact) mass is 275 g/mol. The van der Waals surface area contributed by atoms with E-state index in [0.29, 0.717) is 18.6 Å². The molecule has 1 unspecified atom stereocenters. The normalized spacial score (nSPS) is 22.3. The predicted molar refractivity (Wildman–Crippen MR) is 73.7 cm³/mol. The van der Waals surface area contributed by atoms with Gasteiger partial charge in [0, 0.05) is 25.0 Å². The predicted octanol–water partition coefficient (Wildman–Crippen LogP) is 1.62. The van der Waals surface area contributed by atoms with Gasteiger partial charge in [-0.2, -0.15) is 0 Å². The van der Waals surface area contributed by atoms with E-state index < -0.39 is 5.60 Å². The maximum atomic E-state index is 12.0. The Balaban J connectivity index is 1.72. The van der Waals surface area contributed by atoms with E-state index in [1.807, 2.05) is 25.1 Å². The van der Waals surface area contributed by atoms with Crippen molar-refractivity contribution < 1.29 is 19.1 Å². The van der Waals surface area contributed by atoms with Crippen LogP contribution in [0.15, 0.2) is 28.7 Å². The molecular weight excluding hydrogens is 258 g/mol. The molecule has 1 aromatic heterocycles. The molecule has 1 atom stereocenters. The van der Waals surface area contributed by atoms with E-state index in [-0.39, 0.29) is 24.8 Å². The molecule has 1 aliphatic heterocycles. The second-order valence-corrected chi connectivity index (χ2v) is 5.36. The van der Waals surface area contributed by atoms with Gasteiger partial charge in [-0.1, -0.05) is 11.6 Å². The lowest BCUT2D eigenvalue weighted by atomic mass is 10.0. The van der Waals surface area contributed by atoms with Crippen LogP contribution in [0.4, 0.5) is 0 Å². The number of aryl methyl sites for hydroxylation is 1. The van der Waals surface area contributed by atoms with Crippen LogP contribution in [0.5, 0.6) is 0 Å². The van der Waals surface area contributed by atoms with Crippen LogP contribution in [0.25, 0.3) is 11.0 Å². The number of hydrogen-bond acceptors (Lipinski definition) is 4. The summed E-state index contributed by atoms with van der Waals surface area (Å²) < 4.78 is 10.6. The van der Waals surface area contributed by atoms with Crippen LogP contribution >= 0.6 is 0 Å². The summed E-state index contributed by atoms with van der Waals surface area (Å²) >= 11 is 0. The summed E-state index contributed by atoms with van der Waals surface area (Å²) in [6.45, 7) is 2.94. The quantitative estimate of drug-likeness (QED) is 0.893. The first-order valence-corrected chi connectivity index (χ1v) is 6.64. The molecule has 1 amide bonds. The molecule has 1 aromatic carbocycles. The van der Waals surface area contributed by atoms with Gasteiger partial charge in [0.2, 0.25) is 0 Å². The van der Waals surface area contributed by atoms with Crippen molar-refractivity contribution in [3.05, 3.63) is 35.6 Å². The number of hydrogen-bond donors (Lipinski definition) is 2. The van der Waals surface area contributed by atoms with Gasteiger partial charge in [-0.15, -0.1) is 0 Å². The third-order valence-electron chi connectivity index (χ3n) is 3.56. The molecule has 2 aromatic rings. The third kappa shape index (κ3) is 2.55. The second kappa shape index (κ2) is 4.92. The zero-order chi connectivity index (χ0) is 14.2. The van der Waals surface area contributed by atoms with Gasteiger partial charge in [-0.25, -0.2) is 0 Å². The molecule has 3 rings (SSSR count). The van der Waals surface area contributed by atoms with Gasteiger partial charge in [0.05, 0.1) is 6.61 Å². The Bertz CT molecular complexity index is 640. The second-order valence-electron chi connectivity index (χ2n) is 5.36. The highest BCUT2D eigenvalue weighted by Crippen LogP contribution is 2.21. The standard InChI is InChI=1S/C15H17NO4/c1-10-2-3-12-11(6-10)7-13(20-12)14(17)16-8-15(18)4-5-19-9-15/h2-3,6-7,18H,4-5,8-9H2,1H3,(H,16,17). The number of benzene rings is 1. The largest absolute Gasteiger partial charge is 0.451 e. The Morgan fingerprint density at radius 2 is 2.30 bits per heavy atom. The van der Waals surface area contributed by atoms with Crippen molar-refractivity contribution >= 4 is 16.9 Å². The van der Waals surface area contributed by atoms with Crippen LogP contribution in [-0.4, -0.2) is 36.4 Å². The number of carbonyl (C=O) groups is 1. The van der Waals surface area contributed by atoms with E-state index in [9.17, 15) is 9.90 Å². The highest BCUT2D eigenvalue weighted by Gasteiger charge is 2.32. The molecule has 20 heavy (non-hydrogen) atoms. The number of aliphatic hydroxyl groups is 1. The molecular formula is C15H17NO4. The smallest absolute Gasteiger partial charge is 0.287 e. The number of fused-ring (bicyclic) bond motifs is 1. The number of ether oxygens (including phenoxy) is 1. The molecule has 5 nitrogen and oxygen atoms in total. The number of amides is 1. The summed E-state index contributed by atoms with van der Waals surface area (Å²) in [5.41, 5.74) is 0.837. The van der Waals surface area contributed by atoms with Gasteiger partial charge in [0.25, 0.3) is 5.91 Å². The topological polar surface area (TPSA) is 71.7 Å². The average Bonchev–Trinajstić information content (AvgIpc) is 3.02. The van der Waals surface area contributed by atoms with Crippen molar-refractivity contribution in [3.8, 4) is 0 Å². The van der Waals surface area contributed by atoms with E-state index in [4.69, 9.17) is 9.15 Å². The molecule has 2 heterocycles. The molecule has 1 aliphatic rings. The summed E-state index contributed by atoms with van der Waals surface area (Å²) in [5.74, 6) is -0.0627. The van der Waals surface area contributed by atoms with Crippen LogP contribution in [0, 0.1) is 6.92 Å². The molecule has 0 bridgehead atoms. The lowest BCUT2D eigenvalue weighted by molar-refractivity contribution is 0.0261. The maximum absolute atomic E-state index is 12.0. The first-order chi connectivity index (χ1) is 9.56. The van der Waals surface area contributed by atoms with E-state index in [1.54, 1.807) is 6.07 Å². The molecule has 0 radical (unpaired) electrons. The summed E-state index contributed by atoms with van der Waals surface area (Å²) in [6.07, 6.45) is 0.534. The number of carbonyl (C=O) groups excluding carboxylic acids is 1. The van der Waals surface area contributed by atoms with E-state index in [2.05, 4.69) is 5.32 Å². The van der Waals surface area contributed by atoms with Crippen molar-refractivity contribution in [2.45, 2.75) is 18.9 Å². The van der Waals surface area contributed by atoms with Crippen LogP contribution in [-0.2, 0) is 4.74 Å². The number of furan rings is 1. The SMILES string of the molecule is Cc1ccc2oc(C(=O)NCC3(O)CCOC3)cc2c1. The van der Waals surface area contributed by atoms with E-state index in [1.165, 1.54) is 0 Å². The van der Waals surface area contributed by atoms with E-state index in [0.717, 1.165) is 10.9 Å². The maximum Gasteiger partial charge on any atom is 0.287 e. The van der Waals surface area contributed by atoms with Crippen LogP contribution in [0.1, 0.15) is 22.5 Å². The Hall–Kier alpha value is -1.85. The van der Waals surface area contributed by atoms with Crippen molar-refractivity contribution in [2.24, 2.45) is 0 Å². The van der Waals surface area contributed by atoms with Gasteiger partial charge >= 0.3 is 0 Å². The van der Waals surface area contributed by atoms with Crippen molar-refractivity contribution in [2.75, 3.05) is 19.8 Å². The lowest BCUT2D eigenvalue weighted by Crippen LogP contribution is -2.43. The van der Waals surface area contributed by atoms with Crippen molar-refractivity contribution in [3.63, 3.8) is 0 Å². The molecule has 0 spiro atoms.